The molecule has 286 valence electrons. The van der Waals surface area contributed by atoms with Crippen molar-refractivity contribution >= 4 is 71.6 Å². The van der Waals surface area contributed by atoms with Gasteiger partial charge in [-0.3, -0.25) is 0 Å². The molecule has 3 nitrogen and oxygen atoms in total. The van der Waals surface area contributed by atoms with Crippen LogP contribution in [0.1, 0.15) is 0 Å². The van der Waals surface area contributed by atoms with Gasteiger partial charge in [-0.25, -0.2) is 0 Å². The number of fused-ring (bicyclic) bond motifs is 7. The SMILES string of the molecule is c1ccc(N(c2ccc(-c3ccc(-c4cccc5ccccc45)cc3)cc2)c2ccccc2-n2c3ccccc3c3ccccc32)c(-c2ccc3c(c2)oc2ccccc23)c1. The third-order valence-electron chi connectivity index (χ3n) is 12.2. The predicted octanol–water partition coefficient (Wildman–Crippen LogP) is 16.3. The zero-order valence-electron chi connectivity index (χ0n) is 33.2. The fourth-order valence-electron chi connectivity index (χ4n) is 9.36. The van der Waals surface area contributed by atoms with Gasteiger partial charge < -0.3 is 13.9 Å². The zero-order chi connectivity index (χ0) is 40.3. The summed E-state index contributed by atoms with van der Waals surface area (Å²) in [4.78, 5) is 2.42. The van der Waals surface area contributed by atoms with Crippen LogP contribution in [0.3, 0.4) is 0 Å². The van der Waals surface area contributed by atoms with Crippen molar-refractivity contribution in [3.8, 4) is 39.1 Å². The van der Waals surface area contributed by atoms with Crippen LogP contribution in [0, 0.1) is 0 Å². The first-order chi connectivity index (χ1) is 30.3. The number of rotatable bonds is 7. The Morgan fingerprint density at radius 1 is 0.328 bits per heavy atom. The van der Waals surface area contributed by atoms with Gasteiger partial charge in [-0.15, -0.1) is 0 Å². The van der Waals surface area contributed by atoms with E-state index in [4.69, 9.17) is 4.42 Å². The lowest BCUT2D eigenvalue weighted by Gasteiger charge is -2.30. The third kappa shape index (κ3) is 5.82. The summed E-state index contributed by atoms with van der Waals surface area (Å²) >= 11 is 0. The summed E-state index contributed by atoms with van der Waals surface area (Å²) in [5, 5.41) is 7.22. The topological polar surface area (TPSA) is 21.3 Å². The van der Waals surface area contributed by atoms with Gasteiger partial charge >= 0.3 is 0 Å². The summed E-state index contributed by atoms with van der Waals surface area (Å²) < 4.78 is 8.84. The second-order valence-corrected chi connectivity index (χ2v) is 15.7. The van der Waals surface area contributed by atoms with Crippen molar-refractivity contribution in [2.24, 2.45) is 0 Å². The molecule has 0 spiro atoms. The summed E-state index contributed by atoms with van der Waals surface area (Å²) in [5.41, 5.74) is 15.4. The van der Waals surface area contributed by atoms with Gasteiger partial charge in [0, 0.05) is 32.8 Å². The minimum Gasteiger partial charge on any atom is -0.456 e. The summed E-state index contributed by atoms with van der Waals surface area (Å²) in [6.45, 7) is 0. The van der Waals surface area contributed by atoms with Crippen molar-refractivity contribution in [3.05, 3.63) is 231 Å². The Morgan fingerprint density at radius 2 is 0.852 bits per heavy atom. The fraction of sp³-hybridized carbons (Fsp3) is 0. The van der Waals surface area contributed by atoms with E-state index in [2.05, 4.69) is 228 Å². The summed E-state index contributed by atoms with van der Waals surface area (Å²) in [5.74, 6) is 0. The second-order valence-electron chi connectivity index (χ2n) is 15.7. The van der Waals surface area contributed by atoms with Gasteiger partial charge in [0.15, 0.2) is 0 Å². The molecule has 10 aromatic carbocycles. The van der Waals surface area contributed by atoms with Crippen LogP contribution in [0.5, 0.6) is 0 Å². The maximum Gasteiger partial charge on any atom is 0.136 e. The van der Waals surface area contributed by atoms with Crippen LogP contribution < -0.4 is 4.90 Å². The van der Waals surface area contributed by atoms with Gasteiger partial charge in [0.05, 0.1) is 28.1 Å². The summed E-state index contributed by atoms with van der Waals surface area (Å²) in [6, 6.07) is 83.0. The molecule has 12 rings (SSSR count). The molecule has 61 heavy (non-hydrogen) atoms. The van der Waals surface area contributed by atoms with Crippen molar-refractivity contribution < 1.29 is 4.42 Å². The minimum atomic E-state index is 0.876. The Hall–Kier alpha value is -8.14. The van der Waals surface area contributed by atoms with Gasteiger partial charge in [0.2, 0.25) is 0 Å². The number of para-hydroxylation sites is 6. The van der Waals surface area contributed by atoms with Crippen LogP contribution in [0.4, 0.5) is 17.1 Å². The van der Waals surface area contributed by atoms with E-state index >= 15 is 0 Å². The molecule has 0 saturated heterocycles. The van der Waals surface area contributed by atoms with Crippen LogP contribution >= 0.6 is 0 Å². The number of hydrogen-bond acceptors (Lipinski definition) is 2. The molecule has 3 heteroatoms. The molecular formula is C58H38N2O. The van der Waals surface area contributed by atoms with Crippen LogP contribution in [0.15, 0.2) is 235 Å². The molecule has 0 saturated carbocycles. The van der Waals surface area contributed by atoms with Gasteiger partial charge in [-0.1, -0.05) is 170 Å². The highest BCUT2D eigenvalue weighted by Gasteiger charge is 2.23. The first-order valence-corrected chi connectivity index (χ1v) is 20.8. The van der Waals surface area contributed by atoms with E-state index in [0.717, 1.165) is 61.4 Å². The van der Waals surface area contributed by atoms with Gasteiger partial charge in [0.1, 0.15) is 11.2 Å². The average Bonchev–Trinajstić information content (AvgIpc) is 3.88. The molecule has 0 atom stereocenters. The van der Waals surface area contributed by atoms with E-state index in [0.29, 0.717) is 0 Å². The highest BCUT2D eigenvalue weighted by molar-refractivity contribution is 6.10. The van der Waals surface area contributed by atoms with Crippen LogP contribution in [-0.2, 0) is 0 Å². The normalized spacial score (nSPS) is 11.6. The number of hydrogen-bond donors (Lipinski definition) is 0. The van der Waals surface area contributed by atoms with Crippen molar-refractivity contribution in [1.82, 2.24) is 4.57 Å². The van der Waals surface area contributed by atoms with E-state index in [1.54, 1.807) is 0 Å². The molecule has 2 aromatic heterocycles. The van der Waals surface area contributed by atoms with E-state index in [1.807, 2.05) is 12.1 Å². The lowest BCUT2D eigenvalue weighted by Crippen LogP contribution is -2.14. The maximum atomic E-state index is 6.42. The van der Waals surface area contributed by atoms with E-state index < -0.39 is 0 Å². The van der Waals surface area contributed by atoms with Crippen LogP contribution in [0.2, 0.25) is 0 Å². The standard InChI is InChI=1S/C58H38N2O/c1-2-16-45-41(14-1)15-13-21-46(45)42-30-28-39(29-31-42)40-32-35-44(36-33-40)59(52-22-7-3-17-47(52)43-34-37-51-50-20-6-12-27-57(50)61-58(51)38-43)55-25-10-11-26-56(55)60-53-23-8-4-18-48(53)49-19-5-9-24-54(49)60/h1-38H. The molecule has 0 aliphatic rings. The fourth-order valence-corrected chi connectivity index (χ4v) is 9.36. The Bertz CT molecular complexity index is 3530. The average molecular weight is 779 g/mol. The van der Waals surface area contributed by atoms with Crippen LogP contribution in [0.25, 0.3) is 93.6 Å². The van der Waals surface area contributed by atoms with Gasteiger partial charge in [-0.2, -0.15) is 0 Å². The van der Waals surface area contributed by atoms with Crippen LogP contribution in [-0.4, -0.2) is 4.57 Å². The molecule has 0 unspecified atom stereocenters. The number of nitrogens with zero attached hydrogens (tertiary/aromatic N) is 2. The Balaban J connectivity index is 1.02. The van der Waals surface area contributed by atoms with Gasteiger partial charge in [0.25, 0.3) is 0 Å². The zero-order valence-corrected chi connectivity index (χ0v) is 33.2. The lowest BCUT2D eigenvalue weighted by atomic mass is 9.96. The highest BCUT2D eigenvalue weighted by atomic mass is 16.3. The number of aromatic nitrogens is 1. The van der Waals surface area contributed by atoms with Crippen molar-refractivity contribution in [2.75, 3.05) is 4.90 Å². The molecular weight excluding hydrogens is 741 g/mol. The first kappa shape index (κ1) is 34.9. The molecule has 0 fully saturated rings. The lowest BCUT2D eigenvalue weighted by molar-refractivity contribution is 0.669. The molecule has 0 bridgehead atoms. The number of anilines is 3. The van der Waals surface area contributed by atoms with Gasteiger partial charge in [-0.05, 0) is 99.3 Å². The first-order valence-electron chi connectivity index (χ1n) is 20.8. The highest BCUT2D eigenvalue weighted by Crippen LogP contribution is 2.46. The third-order valence-corrected chi connectivity index (χ3v) is 12.2. The molecule has 12 aromatic rings. The molecule has 0 aliphatic carbocycles. The predicted molar refractivity (Wildman–Crippen MR) is 257 cm³/mol. The van der Waals surface area contributed by atoms with E-state index in [9.17, 15) is 0 Å². The largest absolute Gasteiger partial charge is 0.456 e. The number of benzene rings is 10. The summed E-state index contributed by atoms with van der Waals surface area (Å²) in [6.07, 6.45) is 0. The Kier molecular flexibility index (Phi) is 8.17. The quantitative estimate of drug-likeness (QED) is 0.161. The van der Waals surface area contributed by atoms with E-state index in [1.165, 1.54) is 49.3 Å². The minimum absolute atomic E-state index is 0.876. The smallest absolute Gasteiger partial charge is 0.136 e. The molecule has 2 heterocycles. The van der Waals surface area contributed by atoms with Crippen molar-refractivity contribution in [2.45, 2.75) is 0 Å². The Labute approximate surface area is 353 Å². The number of furan rings is 1. The maximum absolute atomic E-state index is 6.42. The second kappa shape index (κ2) is 14.3. The molecule has 0 amide bonds. The Morgan fingerprint density at radius 3 is 1.62 bits per heavy atom. The van der Waals surface area contributed by atoms with E-state index in [-0.39, 0.29) is 0 Å². The molecule has 0 aliphatic heterocycles. The van der Waals surface area contributed by atoms with Crippen molar-refractivity contribution in [1.29, 1.82) is 0 Å². The summed E-state index contributed by atoms with van der Waals surface area (Å²) in [7, 11) is 0. The molecule has 0 N–H and O–H groups in total. The van der Waals surface area contributed by atoms with Crippen molar-refractivity contribution in [3.63, 3.8) is 0 Å². The molecule has 0 radical (unpaired) electrons. The monoisotopic (exact) mass is 778 g/mol.